The lowest BCUT2D eigenvalue weighted by molar-refractivity contribution is 0.303. The third kappa shape index (κ3) is 12.2. The van der Waals surface area contributed by atoms with Gasteiger partial charge in [0.25, 0.3) is 0 Å². The van der Waals surface area contributed by atoms with Crippen molar-refractivity contribution in [3.8, 4) is 11.5 Å². The molecule has 0 saturated heterocycles. The van der Waals surface area contributed by atoms with Crippen LogP contribution in [0.5, 0.6) is 11.5 Å². The van der Waals surface area contributed by atoms with E-state index in [0.717, 1.165) is 37.2 Å². The van der Waals surface area contributed by atoms with Crippen molar-refractivity contribution >= 4 is 0 Å². The van der Waals surface area contributed by atoms with Crippen LogP contribution in [0.3, 0.4) is 0 Å². The molecule has 33 heavy (non-hydrogen) atoms. The number of hydrogen-bond donors (Lipinski definition) is 0. The highest BCUT2D eigenvalue weighted by molar-refractivity contribution is 5.32. The van der Waals surface area contributed by atoms with E-state index in [-0.39, 0.29) is 11.2 Å². The monoisotopic (exact) mass is 451 g/mol. The van der Waals surface area contributed by atoms with Gasteiger partial charge in [-0.1, -0.05) is 122 Å². The molecule has 0 fully saturated rings. The molecule has 0 heterocycles. The summed E-state index contributed by atoms with van der Waals surface area (Å²) in [5.74, 6) is 1.21. The van der Waals surface area contributed by atoms with Crippen LogP contribution in [-0.4, -0.2) is 6.61 Å². The minimum absolute atomic E-state index is 0.172. The highest BCUT2D eigenvalue weighted by Gasteiger charge is 2.13. The average molecular weight is 452 g/mol. The first-order valence-electron chi connectivity index (χ1n) is 13.4. The van der Waals surface area contributed by atoms with Crippen molar-refractivity contribution in [1.29, 1.82) is 0 Å². The number of benzene rings is 2. The molecule has 0 aliphatic heterocycles. The van der Waals surface area contributed by atoms with Crippen LogP contribution < -0.4 is 4.74 Å². The fourth-order valence-electron chi connectivity index (χ4n) is 4.31. The van der Waals surface area contributed by atoms with E-state index >= 15 is 0 Å². The Morgan fingerprint density at radius 1 is 0.636 bits per heavy atom. The van der Waals surface area contributed by atoms with Gasteiger partial charge in [-0.05, 0) is 54.0 Å². The average Bonchev–Trinajstić information content (AvgIpc) is 2.79. The number of aryl methyl sites for hydroxylation is 1. The molecule has 0 aromatic heterocycles. The van der Waals surface area contributed by atoms with Crippen molar-refractivity contribution in [2.45, 2.75) is 116 Å². The van der Waals surface area contributed by atoms with Crippen molar-refractivity contribution in [2.75, 3.05) is 6.61 Å². The molecule has 0 bridgehead atoms. The second-order valence-electron chi connectivity index (χ2n) is 10.6. The van der Waals surface area contributed by atoms with Gasteiger partial charge in [0.15, 0.2) is 5.75 Å². The SMILES string of the molecule is CC(C)(C)c1cccc(OCCCCCCCCCCCCCCCc2ccccc2[O])c1. The van der Waals surface area contributed by atoms with Gasteiger partial charge in [0.1, 0.15) is 5.75 Å². The topological polar surface area (TPSA) is 29.1 Å². The van der Waals surface area contributed by atoms with Gasteiger partial charge in [-0.3, -0.25) is 5.11 Å². The number of para-hydroxylation sites is 1. The van der Waals surface area contributed by atoms with Crippen LogP contribution in [0.2, 0.25) is 0 Å². The molecular formula is C31H47O2. The molecule has 0 atom stereocenters. The zero-order valence-corrected chi connectivity index (χ0v) is 21.5. The summed E-state index contributed by atoms with van der Waals surface area (Å²) in [6.45, 7) is 7.56. The number of ether oxygens (including phenoxy) is 1. The normalized spacial score (nSPS) is 11.6. The van der Waals surface area contributed by atoms with Gasteiger partial charge in [-0.15, -0.1) is 0 Å². The summed E-state index contributed by atoms with van der Waals surface area (Å²) < 4.78 is 5.96. The van der Waals surface area contributed by atoms with Crippen molar-refractivity contribution in [3.05, 3.63) is 59.7 Å². The minimum Gasteiger partial charge on any atom is -0.494 e. The first-order chi connectivity index (χ1) is 16.0. The van der Waals surface area contributed by atoms with Crippen LogP contribution in [0.1, 0.15) is 115 Å². The zero-order chi connectivity index (χ0) is 23.8. The predicted octanol–water partition coefficient (Wildman–Crippen LogP) is 9.82. The summed E-state index contributed by atoms with van der Waals surface area (Å²) >= 11 is 0. The summed E-state index contributed by atoms with van der Waals surface area (Å²) in [7, 11) is 0. The lowest BCUT2D eigenvalue weighted by Crippen LogP contribution is -2.11. The maximum Gasteiger partial charge on any atom is 0.181 e. The van der Waals surface area contributed by atoms with E-state index in [9.17, 15) is 5.11 Å². The summed E-state index contributed by atoms with van der Waals surface area (Å²) in [4.78, 5) is 0. The molecule has 1 radical (unpaired) electrons. The smallest absolute Gasteiger partial charge is 0.181 e. The first kappa shape index (κ1) is 27.3. The Morgan fingerprint density at radius 2 is 1.18 bits per heavy atom. The van der Waals surface area contributed by atoms with Gasteiger partial charge in [-0.2, -0.15) is 0 Å². The van der Waals surface area contributed by atoms with E-state index in [0.29, 0.717) is 0 Å². The van der Waals surface area contributed by atoms with E-state index in [1.165, 1.54) is 76.2 Å². The quantitative estimate of drug-likeness (QED) is 0.220. The van der Waals surface area contributed by atoms with Gasteiger partial charge < -0.3 is 4.74 Å². The third-order valence-electron chi connectivity index (χ3n) is 6.53. The van der Waals surface area contributed by atoms with Gasteiger partial charge >= 0.3 is 0 Å². The van der Waals surface area contributed by atoms with E-state index in [1.54, 1.807) is 6.07 Å². The Labute approximate surface area is 203 Å². The molecule has 0 aliphatic rings. The van der Waals surface area contributed by atoms with E-state index in [4.69, 9.17) is 4.74 Å². The Morgan fingerprint density at radius 3 is 1.76 bits per heavy atom. The molecule has 0 unspecified atom stereocenters. The van der Waals surface area contributed by atoms with Gasteiger partial charge in [0.05, 0.1) is 6.61 Å². The Balaban J connectivity index is 1.33. The largest absolute Gasteiger partial charge is 0.494 e. The fourth-order valence-corrected chi connectivity index (χ4v) is 4.31. The maximum atomic E-state index is 11.7. The molecule has 2 rings (SSSR count). The molecule has 2 aromatic rings. The van der Waals surface area contributed by atoms with Crippen LogP contribution >= 0.6 is 0 Å². The number of rotatable bonds is 17. The van der Waals surface area contributed by atoms with Crippen LogP contribution in [0.4, 0.5) is 0 Å². The summed E-state index contributed by atoms with van der Waals surface area (Å²) in [6.07, 6.45) is 18.0. The van der Waals surface area contributed by atoms with Crippen LogP contribution in [0.15, 0.2) is 48.5 Å². The van der Waals surface area contributed by atoms with E-state index in [2.05, 4.69) is 45.0 Å². The summed E-state index contributed by atoms with van der Waals surface area (Å²) in [5, 5.41) is 11.7. The van der Waals surface area contributed by atoms with Crippen LogP contribution in [-0.2, 0) is 16.9 Å². The van der Waals surface area contributed by atoms with Crippen LogP contribution in [0.25, 0.3) is 0 Å². The zero-order valence-electron chi connectivity index (χ0n) is 21.5. The Hall–Kier alpha value is -1.96. The summed E-state index contributed by atoms with van der Waals surface area (Å²) in [6, 6.07) is 16.0. The number of hydrogen-bond acceptors (Lipinski definition) is 1. The van der Waals surface area contributed by atoms with Crippen LogP contribution in [0, 0.1) is 0 Å². The lowest BCUT2D eigenvalue weighted by Gasteiger charge is -2.19. The van der Waals surface area contributed by atoms with E-state index in [1.807, 2.05) is 18.2 Å². The van der Waals surface area contributed by atoms with Gasteiger partial charge in [-0.25, -0.2) is 0 Å². The second-order valence-corrected chi connectivity index (χ2v) is 10.6. The second kappa shape index (κ2) is 15.8. The minimum atomic E-state index is 0.172. The van der Waals surface area contributed by atoms with Gasteiger partial charge in [0, 0.05) is 0 Å². The molecule has 0 spiro atoms. The third-order valence-corrected chi connectivity index (χ3v) is 6.53. The molecule has 0 aliphatic carbocycles. The van der Waals surface area contributed by atoms with Crippen molar-refractivity contribution in [3.63, 3.8) is 0 Å². The molecule has 2 nitrogen and oxygen atoms in total. The van der Waals surface area contributed by atoms with Gasteiger partial charge in [0.2, 0.25) is 0 Å². The highest BCUT2D eigenvalue weighted by Crippen LogP contribution is 2.26. The molecule has 183 valence electrons. The highest BCUT2D eigenvalue weighted by atomic mass is 16.5. The first-order valence-corrected chi connectivity index (χ1v) is 13.4. The Kier molecular flexibility index (Phi) is 13.1. The molecule has 2 heteroatoms. The fraction of sp³-hybridized carbons (Fsp3) is 0.613. The molecule has 0 saturated carbocycles. The molecule has 0 N–H and O–H groups in total. The summed E-state index contributed by atoms with van der Waals surface area (Å²) in [5.41, 5.74) is 2.49. The predicted molar refractivity (Wildman–Crippen MR) is 141 cm³/mol. The standard InChI is InChI=1S/C31H47O2/c1-31(2,3)28-22-19-23-29(26-28)33-25-18-14-12-10-8-6-4-5-7-9-11-13-15-20-27-21-16-17-24-30(27)32/h16-17,19,21-24,26H,4-15,18,20,25H2,1-3H3. The maximum absolute atomic E-state index is 11.7. The molecular weight excluding hydrogens is 404 g/mol. The van der Waals surface area contributed by atoms with Crippen molar-refractivity contribution in [1.82, 2.24) is 0 Å². The van der Waals surface area contributed by atoms with Crippen molar-refractivity contribution < 1.29 is 9.84 Å². The Bertz CT molecular complexity index is 760. The van der Waals surface area contributed by atoms with E-state index < -0.39 is 0 Å². The molecule has 0 amide bonds. The van der Waals surface area contributed by atoms with Crippen molar-refractivity contribution in [2.24, 2.45) is 0 Å². The number of unbranched alkanes of at least 4 members (excludes halogenated alkanes) is 12. The molecule has 2 aromatic carbocycles. The lowest BCUT2D eigenvalue weighted by atomic mass is 9.87.